The number of methoxy groups -OCH3 is 2. The molecule has 0 aliphatic rings. The fraction of sp³-hybridized carbons (Fsp3) is 0.150. The number of amides is 1. The van der Waals surface area contributed by atoms with Crippen molar-refractivity contribution in [1.82, 2.24) is 0 Å². The molecule has 0 radical (unpaired) electrons. The molecule has 1 aromatic heterocycles. The molecule has 1 amide bonds. The second kappa shape index (κ2) is 8.26. The highest BCUT2D eigenvalue weighted by atomic mass is 16.7. The Kier molecular flexibility index (Phi) is 5.59. The predicted octanol–water partition coefficient (Wildman–Crippen LogP) is 3.08. The van der Waals surface area contributed by atoms with Crippen LogP contribution in [0.2, 0.25) is 0 Å². The van der Waals surface area contributed by atoms with Crippen molar-refractivity contribution in [2.75, 3.05) is 19.5 Å². The van der Waals surface area contributed by atoms with Gasteiger partial charge in [-0.05, 0) is 41.6 Å². The van der Waals surface area contributed by atoms with Crippen molar-refractivity contribution < 1.29 is 28.3 Å². The lowest BCUT2D eigenvalue weighted by Crippen LogP contribution is -2.22. The third kappa shape index (κ3) is 4.12. The van der Waals surface area contributed by atoms with E-state index in [4.69, 9.17) is 13.9 Å². The van der Waals surface area contributed by atoms with Gasteiger partial charge in [-0.15, -0.1) is 0 Å². The summed E-state index contributed by atoms with van der Waals surface area (Å²) >= 11 is 0. The number of rotatable bonds is 5. The van der Waals surface area contributed by atoms with Gasteiger partial charge in [0.05, 0.1) is 14.2 Å². The molecule has 0 aliphatic carbocycles. The second-order valence-corrected chi connectivity index (χ2v) is 5.70. The Morgan fingerprint density at radius 1 is 1.04 bits per heavy atom. The third-order valence-corrected chi connectivity index (χ3v) is 3.81. The van der Waals surface area contributed by atoms with E-state index in [9.17, 15) is 9.59 Å². The van der Waals surface area contributed by atoms with Gasteiger partial charge in [-0.1, -0.05) is 12.1 Å². The van der Waals surface area contributed by atoms with Crippen LogP contribution in [0.3, 0.4) is 0 Å². The molecule has 8 heteroatoms. The number of ether oxygens (including phenoxy) is 2. The van der Waals surface area contributed by atoms with Crippen molar-refractivity contribution in [2.45, 2.75) is 6.92 Å². The number of carbonyl (C=O) groups excluding carboxylic acids is 2. The van der Waals surface area contributed by atoms with Crippen LogP contribution in [0.25, 0.3) is 11.0 Å². The van der Waals surface area contributed by atoms with Gasteiger partial charge in [0.2, 0.25) is 0 Å². The maximum atomic E-state index is 12.8. The summed E-state index contributed by atoms with van der Waals surface area (Å²) in [6.45, 7) is 1.20. The van der Waals surface area contributed by atoms with Crippen LogP contribution in [0.5, 0.6) is 11.5 Å². The van der Waals surface area contributed by atoms with Crippen LogP contribution in [-0.2, 0) is 9.63 Å². The SMILES string of the molecule is COc1ccc(NC(=O)c2cc3cccc(OC)c3o/c2=N/OC(C)=O)cc1. The zero-order valence-electron chi connectivity index (χ0n) is 15.5. The highest BCUT2D eigenvalue weighted by Crippen LogP contribution is 2.25. The van der Waals surface area contributed by atoms with Crippen LogP contribution >= 0.6 is 0 Å². The van der Waals surface area contributed by atoms with Crippen LogP contribution in [-0.4, -0.2) is 26.1 Å². The minimum absolute atomic E-state index is 0.0952. The lowest BCUT2D eigenvalue weighted by molar-refractivity contribution is -0.141. The standard InChI is InChI=1S/C20H18N2O6/c1-12(23)28-22-20-16(11-13-5-4-6-17(26-3)18(13)27-20)19(24)21-14-7-9-15(25-2)10-8-14/h4-11H,1-3H3,(H,21,24)/b22-20+. The third-order valence-electron chi connectivity index (χ3n) is 3.81. The maximum Gasteiger partial charge on any atom is 0.332 e. The van der Waals surface area contributed by atoms with E-state index in [1.54, 1.807) is 55.6 Å². The summed E-state index contributed by atoms with van der Waals surface area (Å²) in [6, 6.07) is 13.7. The van der Waals surface area contributed by atoms with Crippen LogP contribution in [0.4, 0.5) is 5.69 Å². The van der Waals surface area contributed by atoms with Crippen molar-refractivity contribution in [3.05, 3.63) is 59.6 Å². The Morgan fingerprint density at radius 3 is 2.43 bits per heavy atom. The number of benzene rings is 2. The lowest BCUT2D eigenvalue weighted by Gasteiger charge is -2.09. The summed E-state index contributed by atoms with van der Waals surface area (Å²) in [5.74, 6) is -0.00314. The zero-order valence-corrected chi connectivity index (χ0v) is 15.5. The molecule has 2 aromatic carbocycles. The molecule has 8 nitrogen and oxygen atoms in total. The van der Waals surface area contributed by atoms with Gasteiger partial charge in [0.1, 0.15) is 11.3 Å². The molecule has 0 aliphatic heterocycles. The van der Waals surface area contributed by atoms with E-state index < -0.39 is 11.9 Å². The molecule has 3 aromatic rings. The molecular formula is C20H18N2O6. The van der Waals surface area contributed by atoms with Crippen LogP contribution in [0.15, 0.2) is 58.1 Å². The van der Waals surface area contributed by atoms with Gasteiger partial charge in [0, 0.05) is 18.0 Å². The molecule has 28 heavy (non-hydrogen) atoms. The lowest BCUT2D eigenvalue weighted by atomic mass is 10.1. The van der Waals surface area contributed by atoms with Gasteiger partial charge >= 0.3 is 5.97 Å². The first-order valence-corrected chi connectivity index (χ1v) is 8.29. The molecule has 1 N–H and O–H groups in total. The quantitative estimate of drug-likeness (QED) is 0.538. The van der Waals surface area contributed by atoms with Gasteiger partial charge in [0.15, 0.2) is 11.3 Å². The Hall–Kier alpha value is -3.81. The largest absolute Gasteiger partial charge is 0.497 e. The van der Waals surface area contributed by atoms with Crippen LogP contribution in [0, 0.1) is 0 Å². The van der Waals surface area contributed by atoms with E-state index in [0.717, 1.165) is 0 Å². The summed E-state index contributed by atoms with van der Waals surface area (Å²) in [5.41, 5.74) is 0.864. The van der Waals surface area contributed by atoms with Crippen molar-refractivity contribution in [3.63, 3.8) is 0 Å². The molecule has 0 unspecified atom stereocenters. The number of anilines is 1. The highest BCUT2D eigenvalue weighted by Gasteiger charge is 2.15. The summed E-state index contributed by atoms with van der Waals surface area (Å²) in [4.78, 5) is 28.6. The number of hydrogen-bond donors (Lipinski definition) is 1. The monoisotopic (exact) mass is 382 g/mol. The topological polar surface area (TPSA) is 99.4 Å². The van der Waals surface area contributed by atoms with Crippen molar-refractivity contribution in [3.8, 4) is 11.5 Å². The van der Waals surface area contributed by atoms with Crippen molar-refractivity contribution in [2.24, 2.45) is 5.16 Å². The van der Waals surface area contributed by atoms with Gasteiger partial charge in [-0.25, -0.2) is 4.79 Å². The molecule has 0 saturated carbocycles. The van der Waals surface area contributed by atoms with Crippen LogP contribution < -0.4 is 20.3 Å². The Labute approximate surface area is 160 Å². The summed E-state index contributed by atoms with van der Waals surface area (Å²) < 4.78 is 16.1. The van der Waals surface area contributed by atoms with Gasteiger partial charge in [-0.2, -0.15) is 0 Å². The number of nitrogens with zero attached hydrogens (tertiary/aromatic N) is 1. The van der Waals surface area contributed by atoms with Crippen LogP contribution in [0.1, 0.15) is 17.3 Å². The van der Waals surface area contributed by atoms with E-state index >= 15 is 0 Å². The Balaban J connectivity index is 2.06. The first-order chi connectivity index (χ1) is 13.5. The number of carbonyl (C=O) groups is 2. The summed E-state index contributed by atoms with van der Waals surface area (Å²) in [5, 5.41) is 7.04. The highest BCUT2D eigenvalue weighted by molar-refractivity contribution is 6.05. The number of para-hydroxylation sites is 1. The van der Waals surface area contributed by atoms with Crippen molar-refractivity contribution in [1.29, 1.82) is 0 Å². The summed E-state index contributed by atoms with van der Waals surface area (Å²) in [7, 11) is 3.05. The normalized spacial score (nSPS) is 11.2. The average molecular weight is 382 g/mol. The Bertz CT molecular complexity index is 1090. The Morgan fingerprint density at radius 2 is 1.79 bits per heavy atom. The molecule has 0 spiro atoms. The van der Waals surface area contributed by atoms with Gasteiger partial charge < -0.3 is 24.0 Å². The van der Waals surface area contributed by atoms with Crippen molar-refractivity contribution >= 4 is 28.5 Å². The number of fused-ring (bicyclic) bond motifs is 1. The molecule has 0 saturated heterocycles. The van der Waals surface area contributed by atoms with E-state index in [-0.39, 0.29) is 11.1 Å². The van der Waals surface area contributed by atoms with E-state index in [1.165, 1.54) is 14.0 Å². The summed E-state index contributed by atoms with van der Waals surface area (Å²) in [6.07, 6.45) is 0. The zero-order chi connectivity index (χ0) is 20.1. The molecular weight excluding hydrogens is 364 g/mol. The second-order valence-electron chi connectivity index (χ2n) is 5.70. The smallest absolute Gasteiger partial charge is 0.332 e. The van der Waals surface area contributed by atoms with Gasteiger partial charge in [0.25, 0.3) is 11.5 Å². The molecule has 1 heterocycles. The first kappa shape index (κ1) is 19.0. The minimum Gasteiger partial charge on any atom is -0.497 e. The van der Waals surface area contributed by atoms with Gasteiger partial charge in [-0.3, -0.25) is 4.79 Å². The average Bonchev–Trinajstić information content (AvgIpc) is 2.71. The molecule has 0 atom stereocenters. The first-order valence-electron chi connectivity index (χ1n) is 8.29. The fourth-order valence-electron chi connectivity index (χ4n) is 2.49. The molecule has 3 rings (SSSR count). The maximum absolute atomic E-state index is 12.8. The minimum atomic E-state index is -0.642. The predicted molar refractivity (Wildman–Crippen MR) is 101 cm³/mol. The van der Waals surface area contributed by atoms with E-state index in [0.29, 0.717) is 28.2 Å². The molecule has 144 valence electrons. The van der Waals surface area contributed by atoms with E-state index in [2.05, 4.69) is 15.3 Å². The number of nitrogens with one attached hydrogen (secondary N) is 1. The number of hydrogen-bond acceptors (Lipinski definition) is 7. The fourth-order valence-corrected chi connectivity index (χ4v) is 2.49. The molecule has 0 bridgehead atoms. The van der Waals surface area contributed by atoms with E-state index in [1.807, 2.05) is 0 Å². The molecule has 0 fully saturated rings.